The zero-order valence-corrected chi connectivity index (χ0v) is 13.6. The molecule has 3 heterocycles. The molecule has 0 spiro atoms. The number of nitrogens with zero attached hydrogens (tertiary/aromatic N) is 3. The molecule has 0 aromatic carbocycles. The highest BCUT2D eigenvalue weighted by Gasteiger charge is 2.28. The van der Waals surface area contributed by atoms with Crippen LogP contribution in [0.4, 0.5) is 4.39 Å². The van der Waals surface area contributed by atoms with Gasteiger partial charge in [0.15, 0.2) is 0 Å². The van der Waals surface area contributed by atoms with Crippen molar-refractivity contribution >= 4 is 0 Å². The molecule has 23 heavy (non-hydrogen) atoms. The Morgan fingerprint density at radius 3 is 2.65 bits per heavy atom. The first-order valence-electron chi connectivity index (χ1n) is 8.44. The van der Waals surface area contributed by atoms with Gasteiger partial charge in [-0.05, 0) is 43.2 Å². The SMILES string of the molecule is CC(C)c1cnn(C2COC2)c1-c1ccc(CC2CC2)nc1F. The van der Waals surface area contributed by atoms with Gasteiger partial charge in [0, 0.05) is 11.3 Å². The lowest BCUT2D eigenvalue weighted by Gasteiger charge is -2.28. The summed E-state index contributed by atoms with van der Waals surface area (Å²) in [5.74, 6) is 0.606. The highest BCUT2D eigenvalue weighted by Crippen LogP contribution is 2.35. The van der Waals surface area contributed by atoms with Gasteiger partial charge in [-0.2, -0.15) is 9.49 Å². The molecule has 2 fully saturated rings. The van der Waals surface area contributed by atoms with Crippen LogP contribution >= 0.6 is 0 Å². The Kier molecular flexibility index (Phi) is 3.68. The maximum atomic E-state index is 14.7. The summed E-state index contributed by atoms with van der Waals surface area (Å²) in [6.45, 7) is 5.49. The molecule has 2 aromatic rings. The van der Waals surface area contributed by atoms with E-state index in [-0.39, 0.29) is 17.9 Å². The molecule has 0 N–H and O–H groups in total. The van der Waals surface area contributed by atoms with Crippen LogP contribution in [-0.2, 0) is 11.2 Å². The first kappa shape index (κ1) is 14.8. The number of aromatic nitrogens is 3. The minimum absolute atomic E-state index is 0.197. The van der Waals surface area contributed by atoms with Crippen molar-refractivity contribution in [1.29, 1.82) is 0 Å². The first-order valence-corrected chi connectivity index (χ1v) is 8.44. The summed E-state index contributed by atoms with van der Waals surface area (Å²) in [6.07, 6.45) is 5.24. The lowest BCUT2D eigenvalue weighted by molar-refractivity contribution is -0.0279. The molecule has 1 saturated heterocycles. The van der Waals surface area contributed by atoms with E-state index >= 15 is 0 Å². The van der Waals surface area contributed by atoms with E-state index in [1.807, 2.05) is 23.0 Å². The van der Waals surface area contributed by atoms with E-state index in [2.05, 4.69) is 23.9 Å². The Hall–Kier alpha value is -1.75. The second kappa shape index (κ2) is 5.71. The molecule has 5 heteroatoms. The second-order valence-corrected chi connectivity index (χ2v) is 7.03. The first-order chi connectivity index (χ1) is 11.1. The van der Waals surface area contributed by atoms with Gasteiger partial charge in [0.2, 0.25) is 5.95 Å². The molecule has 1 aliphatic carbocycles. The lowest BCUT2D eigenvalue weighted by atomic mass is 9.99. The molecule has 4 rings (SSSR count). The fourth-order valence-corrected chi connectivity index (χ4v) is 3.10. The van der Waals surface area contributed by atoms with Gasteiger partial charge in [-0.15, -0.1) is 0 Å². The van der Waals surface area contributed by atoms with Gasteiger partial charge in [-0.1, -0.05) is 13.8 Å². The summed E-state index contributed by atoms with van der Waals surface area (Å²) in [6, 6.07) is 4.04. The Morgan fingerprint density at radius 2 is 2.09 bits per heavy atom. The van der Waals surface area contributed by atoms with Crippen LogP contribution < -0.4 is 0 Å². The molecule has 0 radical (unpaired) electrons. The maximum absolute atomic E-state index is 14.7. The Balaban J connectivity index is 1.74. The Morgan fingerprint density at radius 1 is 1.30 bits per heavy atom. The molecule has 0 bridgehead atoms. The lowest BCUT2D eigenvalue weighted by Crippen LogP contribution is -2.32. The van der Waals surface area contributed by atoms with Crippen LogP contribution in [0.25, 0.3) is 11.3 Å². The standard InChI is InChI=1S/C18H22FN3O/c1-11(2)16-8-20-22(14-9-23-10-14)17(16)15-6-5-13(21-18(15)19)7-12-3-4-12/h5-6,8,11-12,14H,3-4,7,9-10H2,1-2H3. The average Bonchev–Trinajstić information content (AvgIpc) is 3.15. The quantitative estimate of drug-likeness (QED) is 0.789. The monoisotopic (exact) mass is 315 g/mol. The van der Waals surface area contributed by atoms with Gasteiger partial charge in [0.1, 0.15) is 0 Å². The zero-order chi connectivity index (χ0) is 16.0. The largest absolute Gasteiger partial charge is 0.377 e. The van der Waals surface area contributed by atoms with Crippen LogP contribution in [0.5, 0.6) is 0 Å². The Labute approximate surface area is 135 Å². The van der Waals surface area contributed by atoms with Gasteiger partial charge in [-0.25, -0.2) is 4.98 Å². The molecule has 1 saturated carbocycles. The summed E-state index contributed by atoms with van der Waals surface area (Å²) >= 11 is 0. The minimum Gasteiger partial charge on any atom is -0.377 e. The molecule has 1 aliphatic heterocycles. The number of pyridine rings is 1. The van der Waals surface area contributed by atoms with Gasteiger partial charge in [0.05, 0.1) is 36.7 Å². The van der Waals surface area contributed by atoms with Crippen LogP contribution in [0.3, 0.4) is 0 Å². The number of hydrogen-bond donors (Lipinski definition) is 0. The second-order valence-electron chi connectivity index (χ2n) is 7.03. The van der Waals surface area contributed by atoms with Gasteiger partial charge in [0.25, 0.3) is 0 Å². The molecule has 0 atom stereocenters. The smallest absolute Gasteiger partial charge is 0.222 e. The summed E-state index contributed by atoms with van der Waals surface area (Å²) < 4.78 is 21.9. The number of rotatable bonds is 5. The van der Waals surface area contributed by atoms with E-state index in [1.54, 1.807) is 0 Å². The number of hydrogen-bond acceptors (Lipinski definition) is 3. The molecule has 2 aliphatic rings. The van der Waals surface area contributed by atoms with Gasteiger partial charge >= 0.3 is 0 Å². The van der Waals surface area contributed by atoms with Crippen molar-refractivity contribution in [2.45, 2.75) is 45.1 Å². The third-order valence-corrected chi connectivity index (χ3v) is 4.77. The third kappa shape index (κ3) is 2.78. The molecular formula is C18H22FN3O. The van der Waals surface area contributed by atoms with Crippen LogP contribution in [0.1, 0.15) is 49.9 Å². The zero-order valence-electron chi connectivity index (χ0n) is 13.6. The van der Waals surface area contributed by atoms with E-state index in [9.17, 15) is 4.39 Å². The van der Waals surface area contributed by atoms with Crippen LogP contribution in [0, 0.1) is 11.9 Å². The molecule has 0 amide bonds. The molecule has 2 aromatic heterocycles. The summed E-state index contributed by atoms with van der Waals surface area (Å²) in [5.41, 5.74) is 3.33. The fourth-order valence-electron chi connectivity index (χ4n) is 3.10. The van der Waals surface area contributed by atoms with E-state index in [4.69, 9.17) is 4.74 Å². The van der Waals surface area contributed by atoms with Crippen LogP contribution in [0.15, 0.2) is 18.3 Å². The van der Waals surface area contributed by atoms with E-state index in [0.29, 0.717) is 24.7 Å². The van der Waals surface area contributed by atoms with Crippen molar-refractivity contribution in [3.05, 3.63) is 35.5 Å². The van der Waals surface area contributed by atoms with Crippen molar-refractivity contribution in [1.82, 2.24) is 14.8 Å². The van der Waals surface area contributed by atoms with Crippen LogP contribution in [-0.4, -0.2) is 28.0 Å². The molecule has 0 unspecified atom stereocenters. The van der Waals surface area contributed by atoms with Gasteiger partial charge < -0.3 is 4.74 Å². The average molecular weight is 315 g/mol. The summed E-state index contributed by atoms with van der Waals surface area (Å²) in [5, 5.41) is 4.50. The number of halogens is 1. The van der Waals surface area contributed by atoms with Crippen molar-refractivity contribution in [2.24, 2.45) is 5.92 Å². The van der Waals surface area contributed by atoms with Crippen molar-refractivity contribution in [3.63, 3.8) is 0 Å². The maximum Gasteiger partial charge on any atom is 0.222 e. The predicted molar refractivity (Wildman–Crippen MR) is 85.8 cm³/mol. The summed E-state index contributed by atoms with van der Waals surface area (Å²) in [7, 11) is 0. The molecule has 122 valence electrons. The fraction of sp³-hybridized carbons (Fsp3) is 0.556. The van der Waals surface area contributed by atoms with Crippen molar-refractivity contribution in [2.75, 3.05) is 13.2 Å². The van der Waals surface area contributed by atoms with Crippen molar-refractivity contribution in [3.8, 4) is 11.3 Å². The van der Waals surface area contributed by atoms with Crippen LogP contribution in [0.2, 0.25) is 0 Å². The predicted octanol–water partition coefficient (Wildman–Crippen LogP) is 3.73. The highest BCUT2D eigenvalue weighted by atomic mass is 19.1. The summed E-state index contributed by atoms with van der Waals surface area (Å²) in [4.78, 5) is 4.21. The third-order valence-electron chi connectivity index (χ3n) is 4.77. The molecule has 4 nitrogen and oxygen atoms in total. The van der Waals surface area contributed by atoms with E-state index < -0.39 is 0 Å². The molecular weight excluding hydrogens is 293 g/mol. The normalized spacial score (nSPS) is 18.4. The van der Waals surface area contributed by atoms with E-state index in [1.165, 1.54) is 12.8 Å². The Bertz CT molecular complexity index is 717. The minimum atomic E-state index is -0.382. The van der Waals surface area contributed by atoms with E-state index in [0.717, 1.165) is 23.4 Å². The van der Waals surface area contributed by atoms with Gasteiger partial charge in [-0.3, -0.25) is 4.68 Å². The topological polar surface area (TPSA) is 39.9 Å². The number of ether oxygens (including phenoxy) is 1. The highest BCUT2D eigenvalue weighted by molar-refractivity contribution is 5.64. The van der Waals surface area contributed by atoms with Crippen molar-refractivity contribution < 1.29 is 9.13 Å².